The number of rotatable bonds is 6. The highest BCUT2D eigenvalue weighted by atomic mass is 35.5. The molecule has 0 radical (unpaired) electrons. The van der Waals surface area contributed by atoms with Gasteiger partial charge in [-0.15, -0.1) is 0 Å². The highest BCUT2D eigenvalue weighted by Gasteiger charge is 2.24. The third-order valence-corrected chi connectivity index (χ3v) is 5.14. The number of para-hydroxylation sites is 1. The van der Waals surface area contributed by atoms with Gasteiger partial charge in [0, 0.05) is 21.5 Å². The zero-order valence-electron chi connectivity index (χ0n) is 15.4. The lowest BCUT2D eigenvalue weighted by Crippen LogP contribution is -2.04. The molecule has 4 aromatic rings. The molecule has 5 rings (SSSR count). The summed E-state index contributed by atoms with van der Waals surface area (Å²) in [6.45, 7) is 1.30. The van der Waals surface area contributed by atoms with Gasteiger partial charge in [-0.1, -0.05) is 29.8 Å². The van der Waals surface area contributed by atoms with Gasteiger partial charge in [-0.05, 0) is 54.6 Å². The van der Waals surface area contributed by atoms with Crippen molar-refractivity contribution >= 4 is 28.4 Å². The first-order valence-corrected chi connectivity index (χ1v) is 9.73. The van der Waals surface area contributed by atoms with Gasteiger partial charge in [-0.3, -0.25) is 4.79 Å². The van der Waals surface area contributed by atoms with Crippen molar-refractivity contribution in [1.82, 2.24) is 0 Å². The molecule has 2 heterocycles. The number of epoxide rings is 1. The van der Waals surface area contributed by atoms with Crippen molar-refractivity contribution in [2.24, 2.45) is 0 Å². The highest BCUT2D eigenvalue weighted by molar-refractivity contribution is 6.30. The molecule has 0 N–H and O–H groups in total. The minimum Gasteiger partial charge on any atom is -0.491 e. The monoisotopic (exact) mass is 404 g/mol. The van der Waals surface area contributed by atoms with Crippen LogP contribution in [-0.4, -0.2) is 25.1 Å². The molecule has 144 valence electrons. The molecule has 0 spiro atoms. The van der Waals surface area contributed by atoms with Crippen molar-refractivity contribution in [3.63, 3.8) is 0 Å². The van der Waals surface area contributed by atoms with Crippen LogP contribution in [0.2, 0.25) is 5.02 Å². The molecular weight excluding hydrogens is 388 g/mol. The fourth-order valence-corrected chi connectivity index (χ4v) is 3.40. The molecule has 3 aromatic carbocycles. The summed E-state index contributed by atoms with van der Waals surface area (Å²) in [7, 11) is 0. The highest BCUT2D eigenvalue weighted by Crippen LogP contribution is 2.36. The largest absolute Gasteiger partial charge is 0.491 e. The van der Waals surface area contributed by atoms with Gasteiger partial charge in [0.05, 0.1) is 12.2 Å². The number of ether oxygens (including phenoxy) is 2. The molecule has 1 saturated heterocycles. The Hall–Kier alpha value is -3.08. The van der Waals surface area contributed by atoms with Gasteiger partial charge < -0.3 is 13.9 Å². The summed E-state index contributed by atoms with van der Waals surface area (Å²) < 4.78 is 17.0. The second-order valence-electron chi connectivity index (χ2n) is 6.93. The van der Waals surface area contributed by atoms with Gasteiger partial charge in [-0.2, -0.15) is 0 Å². The molecule has 1 fully saturated rings. The number of fused-ring (bicyclic) bond motifs is 1. The summed E-state index contributed by atoms with van der Waals surface area (Å²) in [6.07, 6.45) is 0.202. The van der Waals surface area contributed by atoms with E-state index < -0.39 is 0 Å². The van der Waals surface area contributed by atoms with Crippen LogP contribution in [0.1, 0.15) is 15.9 Å². The lowest BCUT2D eigenvalue weighted by Gasteiger charge is -2.06. The summed E-state index contributed by atoms with van der Waals surface area (Å²) >= 11 is 5.98. The maximum Gasteiger partial charge on any atom is 0.197 e. The zero-order valence-corrected chi connectivity index (χ0v) is 16.2. The fourth-order valence-electron chi connectivity index (χ4n) is 3.28. The predicted octanol–water partition coefficient (Wildman–Crippen LogP) is 5.76. The Labute approximate surface area is 172 Å². The standard InChI is InChI=1S/C24H17ClO4/c25-17-9-5-15(6-10-17)23(26)22-20-3-1-2-4-21(20)29-24(22)16-7-11-18(12-8-16)27-13-19-14-28-19/h1-12,19H,13-14H2. The summed E-state index contributed by atoms with van der Waals surface area (Å²) in [5.74, 6) is 1.20. The lowest BCUT2D eigenvalue weighted by molar-refractivity contribution is 0.104. The molecule has 5 heteroatoms. The topological polar surface area (TPSA) is 52.0 Å². The van der Waals surface area contributed by atoms with E-state index >= 15 is 0 Å². The molecule has 1 aliphatic rings. The fraction of sp³-hybridized carbons (Fsp3) is 0.125. The molecular formula is C24H17ClO4. The number of carbonyl (C=O) groups excluding carboxylic acids is 1. The molecule has 0 aliphatic carbocycles. The van der Waals surface area contributed by atoms with Gasteiger partial charge in [0.15, 0.2) is 5.78 Å². The lowest BCUT2D eigenvalue weighted by atomic mass is 9.97. The van der Waals surface area contributed by atoms with Crippen LogP contribution >= 0.6 is 11.6 Å². The number of hydrogen-bond acceptors (Lipinski definition) is 4. The van der Waals surface area contributed by atoms with Gasteiger partial charge in [0.1, 0.15) is 29.8 Å². The maximum absolute atomic E-state index is 13.3. The van der Waals surface area contributed by atoms with Crippen LogP contribution in [-0.2, 0) is 4.74 Å². The van der Waals surface area contributed by atoms with Gasteiger partial charge >= 0.3 is 0 Å². The van der Waals surface area contributed by atoms with Crippen molar-refractivity contribution in [2.45, 2.75) is 6.10 Å². The molecule has 0 saturated carbocycles. The minimum atomic E-state index is -0.104. The van der Waals surface area contributed by atoms with Crippen LogP contribution in [0, 0.1) is 0 Å². The number of hydrogen-bond donors (Lipinski definition) is 0. The molecule has 0 amide bonds. The summed E-state index contributed by atoms with van der Waals surface area (Å²) in [5, 5.41) is 1.37. The van der Waals surface area contributed by atoms with E-state index in [-0.39, 0.29) is 11.9 Å². The third kappa shape index (κ3) is 3.65. The van der Waals surface area contributed by atoms with Crippen LogP contribution in [0.4, 0.5) is 0 Å². The number of halogens is 1. The first-order valence-electron chi connectivity index (χ1n) is 9.36. The smallest absolute Gasteiger partial charge is 0.197 e. The molecule has 4 nitrogen and oxygen atoms in total. The summed E-state index contributed by atoms with van der Waals surface area (Å²) in [4.78, 5) is 13.3. The Morgan fingerprint density at radius 1 is 1.00 bits per heavy atom. The Balaban J connectivity index is 1.55. The van der Waals surface area contributed by atoms with Crippen LogP contribution < -0.4 is 4.74 Å². The van der Waals surface area contributed by atoms with Crippen molar-refractivity contribution in [3.05, 3.63) is 88.9 Å². The molecule has 1 aromatic heterocycles. The van der Waals surface area contributed by atoms with E-state index in [1.54, 1.807) is 24.3 Å². The first kappa shape index (κ1) is 18.0. The molecule has 29 heavy (non-hydrogen) atoms. The van der Waals surface area contributed by atoms with E-state index in [1.807, 2.05) is 48.5 Å². The van der Waals surface area contributed by atoms with E-state index in [0.717, 1.165) is 23.3 Å². The van der Waals surface area contributed by atoms with Gasteiger partial charge in [0.25, 0.3) is 0 Å². The average molecular weight is 405 g/mol. The van der Waals surface area contributed by atoms with Crippen molar-refractivity contribution in [1.29, 1.82) is 0 Å². The van der Waals surface area contributed by atoms with E-state index in [0.29, 0.717) is 34.1 Å². The van der Waals surface area contributed by atoms with E-state index in [2.05, 4.69) is 0 Å². The predicted molar refractivity (Wildman–Crippen MR) is 112 cm³/mol. The molecule has 1 aliphatic heterocycles. The van der Waals surface area contributed by atoms with E-state index in [9.17, 15) is 4.79 Å². The van der Waals surface area contributed by atoms with Crippen molar-refractivity contribution in [3.8, 4) is 17.1 Å². The molecule has 0 bridgehead atoms. The van der Waals surface area contributed by atoms with Crippen LogP contribution in [0.3, 0.4) is 0 Å². The van der Waals surface area contributed by atoms with Crippen LogP contribution in [0.25, 0.3) is 22.3 Å². The quantitative estimate of drug-likeness (QED) is 0.303. The van der Waals surface area contributed by atoms with Crippen LogP contribution in [0.15, 0.2) is 77.2 Å². The average Bonchev–Trinajstić information content (AvgIpc) is 3.51. The maximum atomic E-state index is 13.3. The number of ketones is 1. The Morgan fingerprint density at radius 2 is 1.72 bits per heavy atom. The minimum absolute atomic E-state index is 0.104. The SMILES string of the molecule is O=C(c1ccc(Cl)cc1)c1c(-c2ccc(OCC3CO3)cc2)oc2ccccc12. The van der Waals surface area contributed by atoms with Crippen molar-refractivity contribution in [2.75, 3.05) is 13.2 Å². The molecule has 1 unspecified atom stereocenters. The second-order valence-corrected chi connectivity index (χ2v) is 7.37. The van der Waals surface area contributed by atoms with E-state index in [4.69, 9.17) is 25.5 Å². The van der Waals surface area contributed by atoms with Gasteiger partial charge in [-0.25, -0.2) is 0 Å². The van der Waals surface area contributed by atoms with E-state index in [1.165, 1.54) is 0 Å². The Kier molecular flexibility index (Phi) is 4.58. The van der Waals surface area contributed by atoms with Crippen molar-refractivity contribution < 1.29 is 18.7 Å². The summed E-state index contributed by atoms with van der Waals surface area (Å²) in [5.41, 5.74) is 2.59. The Morgan fingerprint density at radius 3 is 2.45 bits per heavy atom. The first-order chi connectivity index (χ1) is 14.2. The number of furan rings is 1. The Bertz CT molecular complexity index is 1170. The molecule has 1 atom stereocenters. The van der Waals surface area contributed by atoms with Gasteiger partial charge in [0.2, 0.25) is 0 Å². The summed E-state index contributed by atoms with van der Waals surface area (Å²) in [6, 6.07) is 22.0. The second kappa shape index (κ2) is 7.39. The zero-order chi connectivity index (χ0) is 19.8. The third-order valence-electron chi connectivity index (χ3n) is 4.88. The number of carbonyl (C=O) groups is 1. The van der Waals surface area contributed by atoms with Crippen LogP contribution in [0.5, 0.6) is 5.75 Å². The number of benzene rings is 3. The normalized spacial score (nSPS) is 15.4.